The third-order valence-corrected chi connectivity index (χ3v) is 4.44. The molecule has 1 saturated carbocycles. The molecule has 1 heterocycles. The quantitative estimate of drug-likeness (QED) is 0.648. The average Bonchev–Trinajstić information content (AvgIpc) is 2.27. The molecular formula is C14H20N4O2. The second-order valence-electron chi connectivity index (χ2n) is 6.07. The van der Waals surface area contributed by atoms with Crippen molar-refractivity contribution >= 4 is 11.8 Å². The molecule has 2 rings (SSSR count). The number of amides is 2. The first kappa shape index (κ1) is 16.1. The Hall–Kier alpha value is -1.92. The standard InChI is InChI=1S/C14H17N3O2.H3N/c1-8-3-9(2)5-14(4-8)10(6-15)12(18)17-13(19)11(14)7-16;/h8-11H,3-5H2,1-2H3,(H,17,18,19);1H3/t8-,9+,10?,11?,14?;. The zero-order valence-electron chi connectivity index (χ0n) is 11.8. The Kier molecular flexibility index (Phi) is 4.52. The van der Waals surface area contributed by atoms with E-state index < -0.39 is 29.1 Å². The fourth-order valence-electron chi connectivity index (χ4n) is 4.03. The van der Waals surface area contributed by atoms with Crippen LogP contribution in [0.3, 0.4) is 0 Å². The number of imide groups is 1. The minimum absolute atomic E-state index is 0. The van der Waals surface area contributed by atoms with Crippen LogP contribution >= 0.6 is 0 Å². The van der Waals surface area contributed by atoms with E-state index >= 15 is 0 Å². The number of carbonyl (C=O) groups is 2. The van der Waals surface area contributed by atoms with Crippen molar-refractivity contribution in [1.29, 1.82) is 10.5 Å². The highest BCUT2D eigenvalue weighted by molar-refractivity contribution is 6.03. The van der Waals surface area contributed by atoms with Gasteiger partial charge in [0.15, 0.2) is 0 Å². The monoisotopic (exact) mass is 276 g/mol. The van der Waals surface area contributed by atoms with Crippen molar-refractivity contribution in [2.75, 3.05) is 0 Å². The first-order valence-electron chi connectivity index (χ1n) is 6.58. The van der Waals surface area contributed by atoms with Crippen molar-refractivity contribution in [3.05, 3.63) is 0 Å². The largest absolute Gasteiger partial charge is 0.344 e. The number of carbonyl (C=O) groups excluding carboxylic acids is 2. The van der Waals surface area contributed by atoms with Crippen molar-refractivity contribution < 1.29 is 9.59 Å². The van der Waals surface area contributed by atoms with Gasteiger partial charge < -0.3 is 6.15 Å². The Bertz CT molecular complexity index is 458. The smallest absolute Gasteiger partial charge is 0.244 e. The maximum atomic E-state index is 11.9. The molecule has 0 radical (unpaired) electrons. The number of hydrogen-bond donors (Lipinski definition) is 2. The third-order valence-electron chi connectivity index (χ3n) is 4.44. The Balaban J connectivity index is 0.00000200. The van der Waals surface area contributed by atoms with E-state index in [9.17, 15) is 20.1 Å². The molecule has 6 heteroatoms. The Morgan fingerprint density at radius 2 is 1.45 bits per heavy atom. The Morgan fingerprint density at radius 1 is 1.05 bits per heavy atom. The predicted octanol–water partition coefficient (Wildman–Crippen LogP) is 1.53. The van der Waals surface area contributed by atoms with E-state index in [2.05, 4.69) is 19.2 Å². The summed E-state index contributed by atoms with van der Waals surface area (Å²) in [4.78, 5) is 23.8. The molecule has 1 aliphatic heterocycles. The van der Waals surface area contributed by atoms with Gasteiger partial charge in [0, 0.05) is 5.41 Å². The van der Waals surface area contributed by atoms with E-state index in [4.69, 9.17) is 0 Å². The van der Waals surface area contributed by atoms with E-state index in [1.807, 2.05) is 12.1 Å². The number of piperidine rings is 1. The van der Waals surface area contributed by atoms with E-state index in [1.165, 1.54) is 0 Å². The van der Waals surface area contributed by atoms with Crippen LogP contribution in [-0.2, 0) is 9.59 Å². The van der Waals surface area contributed by atoms with Gasteiger partial charge in [0.25, 0.3) is 0 Å². The summed E-state index contributed by atoms with van der Waals surface area (Å²) in [6.45, 7) is 4.11. The van der Waals surface area contributed by atoms with Gasteiger partial charge in [0.2, 0.25) is 11.8 Å². The maximum Gasteiger partial charge on any atom is 0.244 e. The van der Waals surface area contributed by atoms with Crippen molar-refractivity contribution in [3.63, 3.8) is 0 Å². The van der Waals surface area contributed by atoms with Gasteiger partial charge in [-0.2, -0.15) is 10.5 Å². The number of nitriles is 2. The molecule has 0 aromatic carbocycles. The summed E-state index contributed by atoms with van der Waals surface area (Å²) in [6.07, 6.45) is 2.19. The molecule has 1 spiro atoms. The fraction of sp³-hybridized carbons (Fsp3) is 0.714. The Labute approximate surface area is 118 Å². The van der Waals surface area contributed by atoms with Crippen molar-refractivity contribution in [1.82, 2.24) is 11.5 Å². The molecule has 0 aromatic heterocycles. The van der Waals surface area contributed by atoms with E-state index in [1.54, 1.807) is 0 Å². The summed E-state index contributed by atoms with van der Waals surface area (Å²) in [5.41, 5.74) is -0.806. The minimum Gasteiger partial charge on any atom is -0.344 e. The summed E-state index contributed by atoms with van der Waals surface area (Å²) in [5.74, 6) is -2.26. The lowest BCUT2D eigenvalue weighted by Crippen LogP contribution is -2.59. The van der Waals surface area contributed by atoms with Crippen LogP contribution in [0.4, 0.5) is 0 Å². The second-order valence-corrected chi connectivity index (χ2v) is 6.07. The van der Waals surface area contributed by atoms with E-state index in [0.717, 1.165) is 6.42 Å². The summed E-state index contributed by atoms with van der Waals surface area (Å²) in [5, 5.41) is 20.8. The normalized spacial score (nSPS) is 40.2. The molecule has 4 atom stereocenters. The van der Waals surface area contributed by atoms with E-state index in [0.29, 0.717) is 24.7 Å². The van der Waals surface area contributed by atoms with E-state index in [-0.39, 0.29) is 6.15 Å². The first-order chi connectivity index (χ1) is 8.94. The van der Waals surface area contributed by atoms with Gasteiger partial charge in [-0.3, -0.25) is 14.9 Å². The molecule has 20 heavy (non-hydrogen) atoms. The lowest BCUT2D eigenvalue weighted by Gasteiger charge is -2.48. The zero-order chi connectivity index (χ0) is 14.2. The van der Waals surface area contributed by atoms with Crippen LogP contribution < -0.4 is 11.5 Å². The number of nitrogens with zero attached hydrogens (tertiary/aromatic N) is 2. The molecule has 6 nitrogen and oxygen atoms in total. The highest BCUT2D eigenvalue weighted by Crippen LogP contribution is 2.53. The van der Waals surface area contributed by atoms with Gasteiger partial charge in [-0.1, -0.05) is 13.8 Å². The van der Waals surface area contributed by atoms with Crippen molar-refractivity contribution in [2.45, 2.75) is 33.1 Å². The van der Waals surface area contributed by atoms with Crippen LogP contribution in [0.5, 0.6) is 0 Å². The summed E-state index contributed by atoms with van der Waals surface area (Å²) in [6, 6.07) is 4.05. The van der Waals surface area contributed by atoms with Crippen LogP contribution in [0.15, 0.2) is 0 Å². The SMILES string of the molecule is C[C@@H]1C[C@H](C)CC2(C1)C(C#N)C(=O)NC(=O)C2C#N.N. The molecule has 108 valence electrons. The lowest BCUT2D eigenvalue weighted by atomic mass is 9.54. The minimum atomic E-state index is -0.903. The summed E-state index contributed by atoms with van der Waals surface area (Å²) < 4.78 is 0. The lowest BCUT2D eigenvalue weighted by molar-refractivity contribution is -0.148. The maximum absolute atomic E-state index is 11.9. The van der Waals surface area contributed by atoms with Crippen LogP contribution in [-0.4, -0.2) is 11.8 Å². The zero-order valence-corrected chi connectivity index (χ0v) is 11.8. The summed E-state index contributed by atoms with van der Waals surface area (Å²) in [7, 11) is 0. The van der Waals surface area contributed by atoms with Crippen LogP contribution in [0.25, 0.3) is 0 Å². The molecular weight excluding hydrogens is 256 g/mol. The van der Waals surface area contributed by atoms with Gasteiger partial charge >= 0.3 is 0 Å². The van der Waals surface area contributed by atoms with Gasteiger partial charge in [0.1, 0.15) is 11.8 Å². The molecule has 0 bridgehead atoms. The van der Waals surface area contributed by atoms with Gasteiger partial charge in [0.05, 0.1) is 12.1 Å². The van der Waals surface area contributed by atoms with Gasteiger partial charge in [-0.05, 0) is 31.1 Å². The van der Waals surface area contributed by atoms with Crippen LogP contribution in [0, 0.1) is 51.7 Å². The molecule has 2 aliphatic rings. The number of hydrogen-bond acceptors (Lipinski definition) is 5. The number of nitrogens with one attached hydrogen (secondary N) is 1. The predicted molar refractivity (Wildman–Crippen MR) is 71.0 cm³/mol. The van der Waals surface area contributed by atoms with Crippen molar-refractivity contribution in [3.8, 4) is 12.1 Å². The average molecular weight is 276 g/mol. The van der Waals surface area contributed by atoms with Gasteiger partial charge in [-0.25, -0.2) is 0 Å². The topological polar surface area (TPSA) is 129 Å². The highest BCUT2D eigenvalue weighted by Gasteiger charge is 2.58. The van der Waals surface area contributed by atoms with Crippen molar-refractivity contribution in [2.24, 2.45) is 29.1 Å². The van der Waals surface area contributed by atoms with Crippen LogP contribution in [0.2, 0.25) is 0 Å². The molecule has 4 N–H and O–H groups in total. The third kappa shape index (κ3) is 2.28. The first-order valence-corrected chi connectivity index (χ1v) is 6.58. The van der Waals surface area contributed by atoms with Crippen LogP contribution in [0.1, 0.15) is 33.1 Å². The summed E-state index contributed by atoms with van der Waals surface area (Å²) >= 11 is 0. The molecule has 1 aliphatic carbocycles. The molecule has 2 unspecified atom stereocenters. The number of rotatable bonds is 0. The highest BCUT2D eigenvalue weighted by atomic mass is 16.2. The Morgan fingerprint density at radius 3 is 1.80 bits per heavy atom. The molecule has 0 aromatic rings. The molecule has 2 amide bonds. The van der Waals surface area contributed by atoms with Gasteiger partial charge in [-0.15, -0.1) is 0 Å². The fourth-order valence-corrected chi connectivity index (χ4v) is 4.03. The molecule has 1 saturated heterocycles. The molecule has 2 fully saturated rings. The second kappa shape index (κ2) is 5.60.